The Balaban J connectivity index is 2.37. The van der Waals surface area contributed by atoms with Gasteiger partial charge in [0.15, 0.2) is 0 Å². The first-order chi connectivity index (χ1) is 7.54. The predicted molar refractivity (Wildman–Crippen MR) is 56.3 cm³/mol. The summed E-state index contributed by atoms with van der Waals surface area (Å²) >= 11 is 0. The Morgan fingerprint density at radius 3 is 2.69 bits per heavy atom. The minimum Gasteiger partial charge on any atom is -0.346 e. The lowest BCUT2D eigenvalue weighted by molar-refractivity contribution is -0.144. The summed E-state index contributed by atoms with van der Waals surface area (Å²) in [4.78, 5) is 36.7. The fraction of sp³-hybridized carbons (Fsp3) is 0.667. The summed E-state index contributed by atoms with van der Waals surface area (Å²) in [6.45, 7) is 0.852. The highest BCUT2D eigenvalue weighted by molar-refractivity contribution is 5.89. The van der Waals surface area contributed by atoms with E-state index in [-0.39, 0.29) is 37.4 Å². The first kappa shape index (κ1) is 12.4. The fourth-order valence-corrected chi connectivity index (χ4v) is 1.33. The van der Waals surface area contributed by atoms with Gasteiger partial charge in [0, 0.05) is 20.1 Å². The Kier molecular flexibility index (Phi) is 4.24. The first-order valence-electron chi connectivity index (χ1n) is 5.03. The summed E-state index contributed by atoms with van der Waals surface area (Å²) < 4.78 is 0. The third kappa shape index (κ3) is 3.20. The maximum Gasteiger partial charge on any atom is 0.242 e. The van der Waals surface area contributed by atoms with Crippen molar-refractivity contribution >= 4 is 17.7 Å². The Hall–Kier alpha value is -1.63. The number of likely N-dealkylation sites (N-methyl/N-ethyl adjacent to an activating group) is 1. The molecule has 1 fully saturated rings. The normalized spacial score (nSPS) is 16.2. The second-order valence-electron chi connectivity index (χ2n) is 3.61. The molecule has 16 heavy (non-hydrogen) atoms. The molecule has 1 saturated heterocycles. The van der Waals surface area contributed by atoms with Crippen LogP contribution in [0.15, 0.2) is 0 Å². The molecule has 0 spiro atoms. The van der Waals surface area contributed by atoms with E-state index in [0.29, 0.717) is 13.1 Å². The molecule has 7 nitrogen and oxygen atoms in total. The Bertz CT molecular complexity index is 305. The van der Waals surface area contributed by atoms with E-state index in [0.717, 1.165) is 0 Å². The van der Waals surface area contributed by atoms with E-state index in [1.807, 2.05) is 0 Å². The predicted octanol–water partition coefficient (Wildman–Crippen LogP) is -2.64. The zero-order chi connectivity index (χ0) is 12.1. The van der Waals surface area contributed by atoms with E-state index in [2.05, 4.69) is 5.32 Å². The molecule has 0 unspecified atom stereocenters. The van der Waals surface area contributed by atoms with Gasteiger partial charge in [-0.2, -0.15) is 0 Å². The smallest absolute Gasteiger partial charge is 0.242 e. The fourth-order valence-electron chi connectivity index (χ4n) is 1.33. The first-order valence-corrected chi connectivity index (χ1v) is 5.03. The average Bonchev–Trinajstić information content (AvgIpc) is 2.29. The van der Waals surface area contributed by atoms with Crippen LogP contribution in [0.5, 0.6) is 0 Å². The van der Waals surface area contributed by atoms with Crippen LogP contribution >= 0.6 is 0 Å². The minimum atomic E-state index is -0.381. The molecule has 1 heterocycles. The van der Waals surface area contributed by atoms with Crippen LogP contribution in [-0.2, 0) is 14.4 Å². The van der Waals surface area contributed by atoms with Gasteiger partial charge in [0.2, 0.25) is 17.7 Å². The number of carbonyl (C=O) groups excluding carboxylic acids is 3. The summed E-state index contributed by atoms with van der Waals surface area (Å²) in [5, 5.41) is 2.38. The highest BCUT2D eigenvalue weighted by Crippen LogP contribution is 2.00. The summed E-state index contributed by atoms with van der Waals surface area (Å²) in [6.07, 6.45) is 0. The Morgan fingerprint density at radius 2 is 2.12 bits per heavy atom. The zero-order valence-corrected chi connectivity index (χ0v) is 9.23. The summed E-state index contributed by atoms with van der Waals surface area (Å²) in [7, 11) is 1.69. The van der Waals surface area contributed by atoms with Crippen molar-refractivity contribution in [2.45, 2.75) is 0 Å². The maximum atomic E-state index is 11.6. The average molecular weight is 228 g/mol. The zero-order valence-electron chi connectivity index (χ0n) is 9.23. The molecule has 3 amide bonds. The van der Waals surface area contributed by atoms with Crippen LogP contribution in [0.4, 0.5) is 0 Å². The molecule has 0 atom stereocenters. The SMILES string of the molecule is CN1CCN(C(=O)CNC(=O)CN)CC1=O. The van der Waals surface area contributed by atoms with E-state index >= 15 is 0 Å². The number of rotatable bonds is 3. The van der Waals surface area contributed by atoms with E-state index in [9.17, 15) is 14.4 Å². The van der Waals surface area contributed by atoms with Crippen molar-refractivity contribution in [1.82, 2.24) is 15.1 Å². The second kappa shape index (κ2) is 5.45. The van der Waals surface area contributed by atoms with Gasteiger partial charge in [-0.1, -0.05) is 0 Å². The Labute approximate surface area is 93.5 Å². The number of carbonyl (C=O) groups is 3. The highest BCUT2D eigenvalue weighted by atomic mass is 16.2. The molecule has 0 saturated carbocycles. The lowest BCUT2D eigenvalue weighted by Gasteiger charge is -2.31. The van der Waals surface area contributed by atoms with Crippen LogP contribution in [0, 0.1) is 0 Å². The molecule has 0 radical (unpaired) electrons. The number of nitrogens with two attached hydrogens (primary N) is 1. The summed E-state index contributed by atoms with van der Waals surface area (Å²) in [5.74, 6) is -0.734. The van der Waals surface area contributed by atoms with Crippen LogP contribution < -0.4 is 11.1 Å². The third-order valence-electron chi connectivity index (χ3n) is 2.43. The molecular weight excluding hydrogens is 212 g/mol. The topological polar surface area (TPSA) is 95.7 Å². The number of amides is 3. The van der Waals surface area contributed by atoms with Crippen molar-refractivity contribution < 1.29 is 14.4 Å². The molecule has 3 N–H and O–H groups in total. The quantitative estimate of drug-likeness (QED) is 0.552. The van der Waals surface area contributed by atoms with Crippen LogP contribution in [0.2, 0.25) is 0 Å². The van der Waals surface area contributed by atoms with E-state index in [4.69, 9.17) is 5.73 Å². The summed E-state index contributed by atoms with van der Waals surface area (Å²) in [5.41, 5.74) is 5.08. The molecule has 0 aliphatic carbocycles. The minimum absolute atomic E-state index is 0.0772. The Morgan fingerprint density at radius 1 is 1.44 bits per heavy atom. The number of hydrogen-bond acceptors (Lipinski definition) is 4. The third-order valence-corrected chi connectivity index (χ3v) is 2.43. The van der Waals surface area contributed by atoms with Crippen LogP contribution in [0.25, 0.3) is 0 Å². The maximum absolute atomic E-state index is 11.6. The van der Waals surface area contributed by atoms with Crippen molar-refractivity contribution in [2.24, 2.45) is 5.73 Å². The highest BCUT2D eigenvalue weighted by Gasteiger charge is 2.24. The van der Waals surface area contributed by atoms with E-state index in [1.165, 1.54) is 4.90 Å². The standard InChI is InChI=1S/C9H16N4O3/c1-12-2-3-13(6-9(12)16)8(15)5-11-7(14)4-10/h2-6,10H2,1H3,(H,11,14). The van der Waals surface area contributed by atoms with Gasteiger partial charge in [0.25, 0.3) is 0 Å². The van der Waals surface area contributed by atoms with Gasteiger partial charge in [0.05, 0.1) is 19.6 Å². The van der Waals surface area contributed by atoms with Gasteiger partial charge in [-0.25, -0.2) is 0 Å². The molecule has 1 aliphatic heterocycles. The van der Waals surface area contributed by atoms with Crippen molar-refractivity contribution in [3.05, 3.63) is 0 Å². The van der Waals surface area contributed by atoms with Crippen LogP contribution in [0.3, 0.4) is 0 Å². The lowest BCUT2D eigenvalue weighted by atomic mass is 10.3. The van der Waals surface area contributed by atoms with Crippen molar-refractivity contribution in [2.75, 3.05) is 39.8 Å². The monoisotopic (exact) mass is 228 g/mol. The van der Waals surface area contributed by atoms with Crippen molar-refractivity contribution in [1.29, 1.82) is 0 Å². The van der Waals surface area contributed by atoms with Crippen molar-refractivity contribution in [3.8, 4) is 0 Å². The number of nitrogens with one attached hydrogen (secondary N) is 1. The van der Waals surface area contributed by atoms with Gasteiger partial charge in [-0.05, 0) is 0 Å². The molecule has 0 aromatic carbocycles. The molecule has 0 aromatic heterocycles. The van der Waals surface area contributed by atoms with Gasteiger partial charge >= 0.3 is 0 Å². The molecule has 0 bridgehead atoms. The van der Waals surface area contributed by atoms with E-state index < -0.39 is 0 Å². The lowest BCUT2D eigenvalue weighted by Crippen LogP contribution is -2.53. The van der Waals surface area contributed by atoms with Crippen LogP contribution in [-0.4, -0.2) is 67.3 Å². The molecule has 90 valence electrons. The molecular formula is C9H16N4O3. The van der Waals surface area contributed by atoms with E-state index in [1.54, 1.807) is 11.9 Å². The molecule has 1 aliphatic rings. The molecule has 1 rings (SSSR count). The molecule has 0 aromatic rings. The van der Waals surface area contributed by atoms with Gasteiger partial charge in [-0.3, -0.25) is 14.4 Å². The molecule has 7 heteroatoms. The number of piperazine rings is 1. The second-order valence-corrected chi connectivity index (χ2v) is 3.61. The largest absolute Gasteiger partial charge is 0.346 e. The van der Waals surface area contributed by atoms with Crippen molar-refractivity contribution in [3.63, 3.8) is 0 Å². The summed E-state index contributed by atoms with van der Waals surface area (Å²) in [6, 6.07) is 0. The van der Waals surface area contributed by atoms with Gasteiger partial charge < -0.3 is 20.9 Å². The van der Waals surface area contributed by atoms with Crippen LogP contribution in [0.1, 0.15) is 0 Å². The van der Waals surface area contributed by atoms with Gasteiger partial charge in [-0.15, -0.1) is 0 Å². The number of hydrogen-bond donors (Lipinski definition) is 2. The number of nitrogens with zero attached hydrogens (tertiary/aromatic N) is 2. The van der Waals surface area contributed by atoms with Gasteiger partial charge in [0.1, 0.15) is 0 Å².